The molecule has 7 nitrogen and oxygen atoms in total. The number of hydrogen-bond donors (Lipinski definition) is 1. The van der Waals surface area contributed by atoms with Crippen LogP contribution in [0.3, 0.4) is 0 Å². The van der Waals surface area contributed by atoms with Crippen molar-refractivity contribution in [3.8, 4) is 11.5 Å². The van der Waals surface area contributed by atoms with Crippen molar-refractivity contribution in [3.05, 3.63) is 40.8 Å². The Morgan fingerprint density at radius 1 is 1.08 bits per heavy atom. The number of furan rings is 1. The first-order chi connectivity index (χ1) is 12.0. The number of amides is 1. The molecule has 0 aliphatic rings. The van der Waals surface area contributed by atoms with Gasteiger partial charge in [-0.25, -0.2) is 4.79 Å². The molecule has 0 unspecified atom stereocenters. The van der Waals surface area contributed by atoms with Crippen molar-refractivity contribution >= 4 is 33.5 Å². The second-order valence-corrected chi connectivity index (χ2v) is 5.54. The summed E-state index contributed by atoms with van der Waals surface area (Å²) in [5.41, 5.74) is 0.508. The minimum absolute atomic E-state index is 0.0133. The maximum atomic E-state index is 11.9. The van der Waals surface area contributed by atoms with E-state index >= 15 is 0 Å². The van der Waals surface area contributed by atoms with E-state index in [1.807, 2.05) is 13.8 Å². The zero-order valence-electron chi connectivity index (χ0n) is 13.8. The molecule has 0 aliphatic carbocycles. The van der Waals surface area contributed by atoms with Gasteiger partial charge in [0.25, 0.3) is 5.91 Å². The third-order valence-corrected chi connectivity index (χ3v) is 3.36. The predicted molar refractivity (Wildman–Crippen MR) is 94.1 cm³/mol. The van der Waals surface area contributed by atoms with Crippen LogP contribution < -0.4 is 14.8 Å². The summed E-state index contributed by atoms with van der Waals surface area (Å²) < 4.78 is 21.3. The Labute approximate surface area is 153 Å². The summed E-state index contributed by atoms with van der Waals surface area (Å²) in [5, 5.41) is 2.63. The first-order valence-electron chi connectivity index (χ1n) is 7.65. The molecule has 1 heterocycles. The van der Waals surface area contributed by atoms with Gasteiger partial charge in [-0.05, 0) is 54.0 Å². The average molecular weight is 412 g/mol. The monoisotopic (exact) mass is 411 g/mol. The van der Waals surface area contributed by atoms with E-state index in [0.717, 1.165) is 0 Å². The van der Waals surface area contributed by atoms with Crippen molar-refractivity contribution in [2.24, 2.45) is 0 Å². The fourth-order valence-corrected chi connectivity index (χ4v) is 2.26. The quantitative estimate of drug-likeness (QED) is 0.667. The molecule has 0 aliphatic heterocycles. The number of ether oxygens (including phenoxy) is 3. The van der Waals surface area contributed by atoms with Crippen molar-refractivity contribution in [3.63, 3.8) is 0 Å². The molecule has 0 saturated carbocycles. The number of carbonyl (C=O) groups is 2. The van der Waals surface area contributed by atoms with Gasteiger partial charge in [-0.2, -0.15) is 0 Å². The highest BCUT2D eigenvalue weighted by Crippen LogP contribution is 2.30. The Hall–Kier alpha value is -2.48. The Morgan fingerprint density at radius 2 is 1.80 bits per heavy atom. The van der Waals surface area contributed by atoms with Crippen LogP contribution in [0.2, 0.25) is 0 Å². The van der Waals surface area contributed by atoms with Gasteiger partial charge in [0.2, 0.25) is 5.76 Å². The summed E-state index contributed by atoms with van der Waals surface area (Å²) in [6.07, 6.45) is 0. The highest BCUT2D eigenvalue weighted by Gasteiger charge is 2.15. The van der Waals surface area contributed by atoms with E-state index in [-0.39, 0.29) is 5.76 Å². The molecule has 0 fully saturated rings. The lowest BCUT2D eigenvalue weighted by atomic mass is 10.2. The lowest BCUT2D eigenvalue weighted by Gasteiger charge is -2.13. The minimum atomic E-state index is -0.720. The van der Waals surface area contributed by atoms with Gasteiger partial charge in [-0.15, -0.1) is 0 Å². The van der Waals surface area contributed by atoms with Gasteiger partial charge in [0.1, 0.15) is 0 Å². The van der Waals surface area contributed by atoms with Gasteiger partial charge in [0.05, 0.1) is 13.2 Å². The second kappa shape index (κ2) is 9.12. The molecule has 0 atom stereocenters. The molecule has 1 N–H and O–H groups in total. The van der Waals surface area contributed by atoms with E-state index < -0.39 is 18.5 Å². The number of halogens is 1. The number of rotatable bonds is 8. The third kappa shape index (κ3) is 5.53. The van der Waals surface area contributed by atoms with Crippen molar-refractivity contribution in [1.82, 2.24) is 0 Å². The fourth-order valence-electron chi connectivity index (χ4n) is 1.95. The van der Waals surface area contributed by atoms with Crippen molar-refractivity contribution in [2.75, 3.05) is 25.1 Å². The smallest absolute Gasteiger partial charge is 0.374 e. The number of hydrogen-bond acceptors (Lipinski definition) is 6. The van der Waals surface area contributed by atoms with Gasteiger partial charge in [0.15, 0.2) is 22.8 Å². The maximum absolute atomic E-state index is 11.9. The number of benzene rings is 1. The van der Waals surface area contributed by atoms with E-state index in [4.69, 9.17) is 18.6 Å². The highest BCUT2D eigenvalue weighted by molar-refractivity contribution is 9.10. The third-order valence-electron chi connectivity index (χ3n) is 2.94. The molecule has 0 spiro atoms. The first kappa shape index (κ1) is 18.9. The van der Waals surface area contributed by atoms with Crippen molar-refractivity contribution in [2.45, 2.75) is 13.8 Å². The molecular formula is C17H18BrNO6. The number of nitrogens with one attached hydrogen (secondary N) is 1. The Morgan fingerprint density at radius 3 is 2.44 bits per heavy atom. The van der Waals surface area contributed by atoms with Gasteiger partial charge in [-0.3, -0.25) is 4.79 Å². The average Bonchev–Trinajstić information content (AvgIpc) is 3.02. The lowest BCUT2D eigenvalue weighted by molar-refractivity contribution is -0.119. The van der Waals surface area contributed by atoms with Crippen LogP contribution in [0.1, 0.15) is 24.4 Å². The second-order valence-electron chi connectivity index (χ2n) is 4.76. The zero-order valence-corrected chi connectivity index (χ0v) is 15.4. The predicted octanol–water partition coefficient (Wildman–Crippen LogP) is 3.64. The molecule has 25 heavy (non-hydrogen) atoms. The summed E-state index contributed by atoms with van der Waals surface area (Å²) >= 11 is 3.09. The molecule has 0 bridgehead atoms. The minimum Gasteiger partial charge on any atom is -0.490 e. The van der Waals surface area contributed by atoms with Crippen LogP contribution in [0, 0.1) is 0 Å². The maximum Gasteiger partial charge on any atom is 0.374 e. The summed E-state index contributed by atoms with van der Waals surface area (Å²) in [5.74, 6) is -0.0655. The van der Waals surface area contributed by atoms with E-state index in [1.54, 1.807) is 24.3 Å². The van der Waals surface area contributed by atoms with Gasteiger partial charge in [-0.1, -0.05) is 0 Å². The van der Waals surface area contributed by atoms with Crippen molar-refractivity contribution < 1.29 is 28.2 Å². The van der Waals surface area contributed by atoms with Crippen LogP contribution in [-0.4, -0.2) is 31.7 Å². The van der Waals surface area contributed by atoms with Gasteiger partial charge >= 0.3 is 5.97 Å². The molecule has 1 amide bonds. The molecule has 134 valence electrons. The number of carbonyl (C=O) groups excluding carboxylic acids is 2. The molecular weight excluding hydrogens is 394 g/mol. The highest BCUT2D eigenvalue weighted by atomic mass is 79.9. The first-order valence-corrected chi connectivity index (χ1v) is 8.44. The van der Waals surface area contributed by atoms with Crippen LogP contribution in [0.25, 0.3) is 0 Å². The Bertz CT molecular complexity index is 742. The molecule has 2 aromatic rings. The lowest BCUT2D eigenvalue weighted by Crippen LogP contribution is -2.20. The van der Waals surface area contributed by atoms with E-state index in [9.17, 15) is 9.59 Å². The standard InChI is InChI=1S/C17H18BrNO6/c1-3-22-12-6-5-11(9-14(12)23-4-2)19-16(20)10-24-17(21)13-7-8-15(18)25-13/h5-9H,3-4,10H2,1-2H3,(H,19,20). The Kier molecular flexibility index (Phi) is 6.88. The summed E-state index contributed by atoms with van der Waals surface area (Å²) in [6.45, 7) is 4.26. The van der Waals surface area contributed by atoms with E-state index in [0.29, 0.717) is 35.1 Å². The summed E-state index contributed by atoms with van der Waals surface area (Å²) in [4.78, 5) is 23.7. The normalized spacial score (nSPS) is 10.2. The summed E-state index contributed by atoms with van der Waals surface area (Å²) in [7, 11) is 0. The molecule has 0 saturated heterocycles. The van der Waals surface area contributed by atoms with Crippen LogP contribution in [0.15, 0.2) is 39.4 Å². The van der Waals surface area contributed by atoms with Crippen LogP contribution in [0.5, 0.6) is 11.5 Å². The fraction of sp³-hybridized carbons (Fsp3) is 0.294. The SMILES string of the molecule is CCOc1ccc(NC(=O)COC(=O)c2ccc(Br)o2)cc1OCC. The van der Waals surface area contributed by atoms with E-state index in [1.165, 1.54) is 6.07 Å². The van der Waals surface area contributed by atoms with Gasteiger partial charge < -0.3 is 23.9 Å². The molecule has 2 rings (SSSR count). The van der Waals surface area contributed by atoms with Crippen LogP contribution in [0.4, 0.5) is 5.69 Å². The molecule has 8 heteroatoms. The summed E-state index contributed by atoms with van der Waals surface area (Å²) in [6, 6.07) is 8.04. The number of esters is 1. The number of anilines is 1. The Balaban J connectivity index is 1.93. The van der Waals surface area contributed by atoms with Crippen LogP contribution >= 0.6 is 15.9 Å². The van der Waals surface area contributed by atoms with Crippen molar-refractivity contribution in [1.29, 1.82) is 0 Å². The van der Waals surface area contributed by atoms with E-state index in [2.05, 4.69) is 21.2 Å². The van der Waals surface area contributed by atoms with Crippen LogP contribution in [-0.2, 0) is 9.53 Å². The molecule has 1 aromatic carbocycles. The topological polar surface area (TPSA) is 87.0 Å². The molecule has 1 aromatic heterocycles. The zero-order chi connectivity index (χ0) is 18.2. The molecule has 0 radical (unpaired) electrons. The van der Waals surface area contributed by atoms with Gasteiger partial charge in [0, 0.05) is 11.8 Å². The largest absolute Gasteiger partial charge is 0.490 e.